The average molecular weight is 321 g/mol. The Morgan fingerprint density at radius 1 is 1.41 bits per heavy atom. The smallest absolute Gasteiger partial charge is 0.410 e. The highest BCUT2D eigenvalue weighted by atomic mass is 32.1. The van der Waals surface area contributed by atoms with Crippen molar-refractivity contribution < 1.29 is 14.7 Å². The fourth-order valence-electron chi connectivity index (χ4n) is 3.19. The molecule has 1 amide bonds. The van der Waals surface area contributed by atoms with Crippen LogP contribution in [0.1, 0.15) is 47.5 Å². The van der Waals surface area contributed by atoms with Crippen molar-refractivity contribution in [3.05, 3.63) is 22.3 Å². The van der Waals surface area contributed by atoms with Gasteiger partial charge in [0.2, 0.25) is 0 Å². The molecule has 118 valence electrons. The molecule has 0 saturated carbocycles. The Morgan fingerprint density at radius 2 is 2.23 bits per heavy atom. The summed E-state index contributed by atoms with van der Waals surface area (Å²) in [5.41, 5.74) is 1.79. The van der Waals surface area contributed by atoms with Crippen LogP contribution in [0.3, 0.4) is 0 Å². The summed E-state index contributed by atoms with van der Waals surface area (Å²) in [5, 5.41) is 14.6. The van der Waals surface area contributed by atoms with Gasteiger partial charge in [0.1, 0.15) is 0 Å². The number of rotatable bonds is 3. The third kappa shape index (κ3) is 2.99. The number of carboxylic acid groups (broad SMARTS) is 1. The molecule has 1 aliphatic heterocycles. The third-order valence-corrected chi connectivity index (χ3v) is 5.34. The van der Waals surface area contributed by atoms with Crippen LogP contribution < -0.4 is 10.6 Å². The minimum Gasteiger partial charge on any atom is -0.465 e. The highest BCUT2D eigenvalue weighted by molar-refractivity contribution is 7.17. The van der Waals surface area contributed by atoms with Crippen LogP contribution in [0.2, 0.25) is 0 Å². The number of ketones is 1. The molecule has 0 aromatic carbocycles. The lowest BCUT2D eigenvalue weighted by molar-refractivity contribution is 0.0928. The Balaban J connectivity index is 1.75. The Labute approximate surface area is 132 Å². The number of aromatic nitrogens is 1. The minimum atomic E-state index is -1.17. The molecule has 6 nitrogen and oxygen atoms in total. The maximum atomic E-state index is 12.7. The van der Waals surface area contributed by atoms with E-state index in [0.717, 1.165) is 30.6 Å². The molecule has 3 N–H and O–H groups in total. The number of Topliss-reactive ketones (excluding diaryl/α,β-unsaturated/α-hetero) is 1. The van der Waals surface area contributed by atoms with Gasteiger partial charge < -0.3 is 10.4 Å². The summed E-state index contributed by atoms with van der Waals surface area (Å²) in [4.78, 5) is 28.0. The van der Waals surface area contributed by atoms with Gasteiger partial charge in [0.15, 0.2) is 10.9 Å². The molecule has 2 unspecified atom stereocenters. The molecule has 7 heteroatoms. The van der Waals surface area contributed by atoms with E-state index in [1.807, 2.05) is 0 Å². The first-order valence-corrected chi connectivity index (χ1v) is 8.34. The van der Waals surface area contributed by atoms with Crippen LogP contribution in [0.25, 0.3) is 0 Å². The van der Waals surface area contributed by atoms with Crippen LogP contribution in [-0.4, -0.2) is 28.0 Å². The molecule has 1 fully saturated rings. The summed E-state index contributed by atoms with van der Waals surface area (Å²) in [6.45, 7) is 1.74. The van der Waals surface area contributed by atoms with Gasteiger partial charge in [-0.2, -0.15) is 0 Å². The summed E-state index contributed by atoms with van der Waals surface area (Å²) in [6, 6.07) is -0.225. The number of allylic oxidation sites excluding steroid dienone is 2. The largest absolute Gasteiger partial charge is 0.465 e. The molecule has 1 aromatic heterocycles. The number of nitrogens with zero attached hydrogens (tertiary/aromatic N) is 1. The van der Waals surface area contributed by atoms with Crippen LogP contribution >= 0.6 is 11.3 Å². The van der Waals surface area contributed by atoms with E-state index in [1.165, 1.54) is 18.5 Å². The van der Waals surface area contributed by atoms with Crippen LogP contribution in [0.15, 0.2) is 11.8 Å². The van der Waals surface area contributed by atoms with Gasteiger partial charge >= 0.3 is 6.09 Å². The lowest BCUT2D eigenvalue weighted by Gasteiger charge is -2.34. The Bertz CT molecular complexity index is 638. The Hall–Kier alpha value is -1.89. The third-order valence-electron chi connectivity index (χ3n) is 4.26. The number of carbonyl (C=O) groups excluding carboxylic acids is 1. The molecule has 2 heterocycles. The topological polar surface area (TPSA) is 91.3 Å². The van der Waals surface area contributed by atoms with E-state index >= 15 is 0 Å². The number of fused-ring (bicyclic) bond motifs is 1. The van der Waals surface area contributed by atoms with Crippen molar-refractivity contribution in [3.63, 3.8) is 0 Å². The van der Waals surface area contributed by atoms with Gasteiger partial charge in [-0.15, -0.1) is 0 Å². The van der Waals surface area contributed by atoms with E-state index in [1.54, 1.807) is 6.92 Å². The SMILES string of the molecule is Cc1nc(NC(=O)O)sc1C(=O)C1CCC2CCCC=C2N1. The fraction of sp³-hybridized carbons (Fsp3) is 0.533. The standard InChI is InChI=1S/C15H19N3O3S/c1-8-13(22-14(16-8)18-15(20)21)12(19)11-7-6-9-4-2-3-5-10(9)17-11/h5,9,11,17H,2-4,6-7H2,1H3,(H,16,18)(H,20,21). The van der Waals surface area contributed by atoms with Gasteiger partial charge in [0, 0.05) is 5.70 Å². The summed E-state index contributed by atoms with van der Waals surface area (Å²) < 4.78 is 0. The number of nitrogens with one attached hydrogen (secondary N) is 2. The number of amides is 1. The first kappa shape index (κ1) is 15.0. The number of thiazole rings is 1. The Kier molecular flexibility index (Phi) is 4.15. The van der Waals surface area contributed by atoms with Gasteiger partial charge in [-0.25, -0.2) is 9.78 Å². The number of hydrogen-bond donors (Lipinski definition) is 3. The lowest BCUT2D eigenvalue weighted by Crippen LogP contribution is -2.43. The minimum absolute atomic E-state index is 0.0124. The molecule has 22 heavy (non-hydrogen) atoms. The molecule has 1 aromatic rings. The zero-order chi connectivity index (χ0) is 15.7. The van der Waals surface area contributed by atoms with Crippen LogP contribution in [0.4, 0.5) is 9.93 Å². The summed E-state index contributed by atoms with van der Waals surface area (Å²) in [5.74, 6) is 0.586. The normalized spacial score (nSPS) is 24.0. The van der Waals surface area contributed by atoms with Gasteiger partial charge in [-0.1, -0.05) is 17.4 Å². The molecule has 3 rings (SSSR count). The van der Waals surface area contributed by atoms with Crippen molar-refractivity contribution >= 4 is 28.3 Å². The second kappa shape index (κ2) is 6.08. The van der Waals surface area contributed by atoms with Crippen LogP contribution in [0, 0.1) is 12.8 Å². The van der Waals surface area contributed by atoms with E-state index in [0.29, 0.717) is 16.5 Å². The zero-order valence-corrected chi connectivity index (χ0v) is 13.2. The highest BCUT2D eigenvalue weighted by Crippen LogP contribution is 2.33. The zero-order valence-electron chi connectivity index (χ0n) is 12.4. The van der Waals surface area contributed by atoms with E-state index in [4.69, 9.17) is 5.11 Å². The van der Waals surface area contributed by atoms with E-state index in [2.05, 4.69) is 21.7 Å². The van der Waals surface area contributed by atoms with E-state index in [9.17, 15) is 9.59 Å². The lowest BCUT2D eigenvalue weighted by atomic mass is 9.83. The van der Waals surface area contributed by atoms with E-state index < -0.39 is 6.09 Å². The first-order chi connectivity index (χ1) is 10.5. The molecule has 0 bridgehead atoms. The molecular weight excluding hydrogens is 302 g/mol. The van der Waals surface area contributed by atoms with Crippen LogP contribution in [0.5, 0.6) is 0 Å². The number of carbonyl (C=O) groups is 2. The fourth-order valence-corrected chi connectivity index (χ4v) is 4.14. The maximum Gasteiger partial charge on any atom is 0.410 e. The molecule has 1 saturated heterocycles. The first-order valence-electron chi connectivity index (χ1n) is 7.53. The highest BCUT2D eigenvalue weighted by Gasteiger charge is 2.32. The van der Waals surface area contributed by atoms with Gasteiger partial charge in [0.25, 0.3) is 0 Å². The van der Waals surface area contributed by atoms with Crippen LogP contribution in [-0.2, 0) is 0 Å². The molecule has 0 radical (unpaired) electrons. The quantitative estimate of drug-likeness (QED) is 0.744. The van der Waals surface area contributed by atoms with Crippen molar-refractivity contribution in [2.45, 2.75) is 45.1 Å². The number of anilines is 1. The maximum absolute atomic E-state index is 12.7. The molecule has 1 aliphatic carbocycles. The predicted molar refractivity (Wildman–Crippen MR) is 84.4 cm³/mol. The second-order valence-electron chi connectivity index (χ2n) is 5.79. The number of aryl methyl sites for hydroxylation is 1. The van der Waals surface area contributed by atoms with Crippen molar-refractivity contribution in [2.24, 2.45) is 5.92 Å². The number of hydrogen-bond acceptors (Lipinski definition) is 5. The Morgan fingerprint density at radius 3 is 3.00 bits per heavy atom. The van der Waals surface area contributed by atoms with Crippen molar-refractivity contribution in [1.29, 1.82) is 0 Å². The summed E-state index contributed by atoms with van der Waals surface area (Å²) in [7, 11) is 0. The molecule has 0 spiro atoms. The second-order valence-corrected chi connectivity index (χ2v) is 6.79. The summed E-state index contributed by atoms with van der Waals surface area (Å²) >= 11 is 1.11. The monoisotopic (exact) mass is 321 g/mol. The predicted octanol–water partition coefficient (Wildman–Crippen LogP) is 3.16. The molecular formula is C15H19N3O3S. The molecule has 2 aliphatic rings. The average Bonchev–Trinajstić information content (AvgIpc) is 2.85. The summed E-state index contributed by atoms with van der Waals surface area (Å²) in [6.07, 6.45) is 6.40. The molecule has 2 atom stereocenters. The number of piperidine rings is 1. The van der Waals surface area contributed by atoms with Crippen molar-refractivity contribution in [1.82, 2.24) is 10.3 Å². The van der Waals surface area contributed by atoms with E-state index in [-0.39, 0.29) is 17.0 Å². The van der Waals surface area contributed by atoms with Gasteiger partial charge in [-0.05, 0) is 44.9 Å². The van der Waals surface area contributed by atoms with Crippen molar-refractivity contribution in [2.75, 3.05) is 5.32 Å². The van der Waals surface area contributed by atoms with Gasteiger partial charge in [0.05, 0.1) is 16.6 Å². The van der Waals surface area contributed by atoms with Gasteiger partial charge in [-0.3, -0.25) is 10.1 Å². The van der Waals surface area contributed by atoms with Crippen molar-refractivity contribution in [3.8, 4) is 0 Å².